The van der Waals surface area contributed by atoms with E-state index in [0.29, 0.717) is 0 Å². The summed E-state index contributed by atoms with van der Waals surface area (Å²) in [5.74, 6) is -3.23. The van der Waals surface area contributed by atoms with Crippen molar-refractivity contribution in [2.24, 2.45) is 0 Å². The van der Waals surface area contributed by atoms with Gasteiger partial charge in [0.25, 0.3) is 5.91 Å². The Kier molecular flexibility index (Phi) is 3.94. The van der Waals surface area contributed by atoms with Crippen molar-refractivity contribution in [1.82, 2.24) is 4.98 Å². The van der Waals surface area contributed by atoms with E-state index in [1.54, 1.807) is 0 Å². The minimum absolute atomic E-state index is 0.133. The molecule has 0 saturated heterocycles. The Morgan fingerprint density at radius 2 is 2.15 bits per heavy atom. The third kappa shape index (κ3) is 3.09. The number of aromatic hydroxyl groups is 1. The molecule has 20 heavy (non-hydrogen) atoms. The number of nitrogens with zero attached hydrogens (tertiary/aromatic N) is 1. The van der Waals surface area contributed by atoms with Crippen molar-refractivity contribution in [3.8, 4) is 5.75 Å². The lowest BCUT2D eigenvalue weighted by molar-refractivity contribution is -0.136. The van der Waals surface area contributed by atoms with Crippen LogP contribution in [0, 0.1) is 5.82 Å². The van der Waals surface area contributed by atoms with Crippen LogP contribution >= 0.6 is 11.3 Å². The Morgan fingerprint density at radius 3 is 2.80 bits per heavy atom. The molecule has 0 bridgehead atoms. The van der Waals surface area contributed by atoms with E-state index in [2.05, 4.69) is 10.3 Å². The average molecular weight is 296 g/mol. The standard InChI is InChI=1S/C12H9FN2O4S/c13-7-2-1-3-8(16)10(7)11(19)15-12-14-6(5-20-12)4-9(17)18/h1-3,5,16H,4H2,(H,17,18)(H,14,15,19). The van der Waals surface area contributed by atoms with Crippen LogP contribution in [0.2, 0.25) is 0 Å². The van der Waals surface area contributed by atoms with Gasteiger partial charge >= 0.3 is 5.97 Å². The zero-order chi connectivity index (χ0) is 14.7. The van der Waals surface area contributed by atoms with E-state index in [9.17, 15) is 19.1 Å². The second-order valence-corrected chi connectivity index (χ2v) is 4.66. The molecule has 104 valence electrons. The van der Waals surface area contributed by atoms with Crippen molar-refractivity contribution in [1.29, 1.82) is 0 Å². The van der Waals surface area contributed by atoms with Crippen LogP contribution in [0.4, 0.5) is 9.52 Å². The summed E-state index contributed by atoms with van der Waals surface area (Å²) >= 11 is 1.02. The fraction of sp³-hybridized carbons (Fsp3) is 0.0833. The second kappa shape index (κ2) is 5.66. The summed E-state index contributed by atoms with van der Waals surface area (Å²) in [6.07, 6.45) is -0.267. The van der Waals surface area contributed by atoms with Gasteiger partial charge in [-0.05, 0) is 12.1 Å². The summed E-state index contributed by atoms with van der Waals surface area (Å²) in [6.45, 7) is 0. The number of carboxylic acids is 1. The molecule has 0 aliphatic heterocycles. The summed E-state index contributed by atoms with van der Waals surface area (Å²) < 4.78 is 13.5. The number of phenolic OH excluding ortho intramolecular Hbond substituents is 1. The van der Waals surface area contributed by atoms with Crippen molar-refractivity contribution in [2.75, 3.05) is 5.32 Å². The maximum atomic E-state index is 13.5. The monoisotopic (exact) mass is 296 g/mol. The third-order valence-electron chi connectivity index (χ3n) is 2.32. The van der Waals surface area contributed by atoms with E-state index < -0.39 is 29.0 Å². The first-order valence-corrected chi connectivity index (χ1v) is 6.30. The van der Waals surface area contributed by atoms with Gasteiger partial charge < -0.3 is 10.2 Å². The number of thiazole rings is 1. The molecule has 2 rings (SSSR count). The van der Waals surface area contributed by atoms with Crippen molar-refractivity contribution in [3.63, 3.8) is 0 Å². The minimum atomic E-state index is -1.04. The number of aliphatic carboxylic acids is 1. The number of benzene rings is 1. The van der Waals surface area contributed by atoms with E-state index in [-0.39, 0.29) is 17.2 Å². The van der Waals surface area contributed by atoms with Crippen molar-refractivity contribution in [3.05, 3.63) is 40.7 Å². The van der Waals surface area contributed by atoms with E-state index in [0.717, 1.165) is 17.4 Å². The number of rotatable bonds is 4. The molecule has 0 saturated carbocycles. The van der Waals surface area contributed by atoms with Gasteiger partial charge in [-0.15, -0.1) is 11.3 Å². The number of carbonyl (C=O) groups excluding carboxylic acids is 1. The molecule has 8 heteroatoms. The van der Waals surface area contributed by atoms with Gasteiger partial charge in [0.05, 0.1) is 12.1 Å². The van der Waals surface area contributed by atoms with Crippen LogP contribution in [-0.2, 0) is 11.2 Å². The zero-order valence-corrected chi connectivity index (χ0v) is 10.8. The van der Waals surface area contributed by atoms with Gasteiger partial charge in [-0.1, -0.05) is 6.07 Å². The number of hydrogen-bond acceptors (Lipinski definition) is 5. The fourth-order valence-corrected chi connectivity index (χ4v) is 2.20. The molecule has 0 spiro atoms. The lowest BCUT2D eigenvalue weighted by Gasteiger charge is -2.05. The smallest absolute Gasteiger partial charge is 0.309 e. The van der Waals surface area contributed by atoms with E-state index >= 15 is 0 Å². The maximum Gasteiger partial charge on any atom is 0.309 e. The van der Waals surface area contributed by atoms with Crippen molar-refractivity contribution < 1.29 is 24.2 Å². The summed E-state index contributed by atoms with van der Waals surface area (Å²) in [4.78, 5) is 26.2. The van der Waals surface area contributed by atoms with Crippen LogP contribution in [0.15, 0.2) is 23.6 Å². The molecule has 0 radical (unpaired) electrons. The lowest BCUT2D eigenvalue weighted by Crippen LogP contribution is -2.14. The van der Waals surface area contributed by atoms with Gasteiger partial charge in [-0.25, -0.2) is 9.37 Å². The topological polar surface area (TPSA) is 99.5 Å². The molecule has 2 aromatic rings. The predicted octanol–water partition coefficient (Wildman–Crippen LogP) is 1.87. The van der Waals surface area contributed by atoms with Crippen molar-refractivity contribution in [2.45, 2.75) is 6.42 Å². The Morgan fingerprint density at radius 1 is 1.40 bits per heavy atom. The molecule has 3 N–H and O–H groups in total. The van der Waals surface area contributed by atoms with Gasteiger partial charge in [-0.3, -0.25) is 14.9 Å². The predicted molar refractivity (Wildman–Crippen MR) is 69.5 cm³/mol. The van der Waals surface area contributed by atoms with Crippen LogP contribution in [0.5, 0.6) is 5.75 Å². The molecule has 0 aliphatic carbocycles. The van der Waals surface area contributed by atoms with Gasteiger partial charge in [0.15, 0.2) is 5.13 Å². The Labute approximate surface area is 116 Å². The molecule has 1 heterocycles. The number of phenols is 1. The molecule has 1 amide bonds. The quantitative estimate of drug-likeness (QED) is 0.799. The van der Waals surface area contributed by atoms with Crippen LogP contribution in [0.1, 0.15) is 16.1 Å². The summed E-state index contributed by atoms with van der Waals surface area (Å²) in [7, 11) is 0. The molecule has 1 aromatic carbocycles. The highest BCUT2D eigenvalue weighted by atomic mass is 32.1. The first-order valence-electron chi connectivity index (χ1n) is 5.42. The Balaban J connectivity index is 2.16. The molecule has 0 atom stereocenters. The van der Waals surface area contributed by atoms with Crippen LogP contribution in [0.3, 0.4) is 0 Å². The van der Waals surface area contributed by atoms with Gasteiger partial charge in [0, 0.05) is 5.38 Å². The SMILES string of the molecule is O=C(O)Cc1csc(NC(=O)c2c(O)cccc2F)n1. The molecule has 0 aliphatic rings. The first-order chi connectivity index (χ1) is 9.47. The zero-order valence-electron chi connectivity index (χ0n) is 9.96. The Hall–Kier alpha value is -2.48. The van der Waals surface area contributed by atoms with Crippen LogP contribution in [0.25, 0.3) is 0 Å². The normalized spacial score (nSPS) is 10.2. The number of amides is 1. The highest BCUT2D eigenvalue weighted by Gasteiger charge is 2.18. The van der Waals surface area contributed by atoms with E-state index in [1.165, 1.54) is 17.5 Å². The number of hydrogen-bond donors (Lipinski definition) is 3. The number of anilines is 1. The average Bonchev–Trinajstić information content (AvgIpc) is 2.75. The van der Waals surface area contributed by atoms with Crippen LogP contribution < -0.4 is 5.32 Å². The number of aromatic nitrogens is 1. The molecule has 1 aromatic heterocycles. The molecule has 6 nitrogen and oxygen atoms in total. The Bertz CT molecular complexity index is 651. The second-order valence-electron chi connectivity index (χ2n) is 3.80. The number of carbonyl (C=O) groups is 2. The summed E-state index contributed by atoms with van der Waals surface area (Å²) in [5.41, 5.74) is -0.196. The molecule has 0 unspecified atom stereocenters. The highest BCUT2D eigenvalue weighted by molar-refractivity contribution is 7.14. The van der Waals surface area contributed by atoms with Gasteiger partial charge in [0.2, 0.25) is 0 Å². The van der Waals surface area contributed by atoms with E-state index in [1.807, 2.05) is 0 Å². The largest absolute Gasteiger partial charge is 0.507 e. The number of halogens is 1. The third-order valence-corrected chi connectivity index (χ3v) is 3.13. The fourth-order valence-electron chi connectivity index (χ4n) is 1.50. The number of nitrogens with one attached hydrogen (secondary N) is 1. The van der Waals surface area contributed by atoms with E-state index in [4.69, 9.17) is 5.11 Å². The molecular weight excluding hydrogens is 287 g/mol. The maximum absolute atomic E-state index is 13.5. The first kappa shape index (κ1) is 13.9. The summed E-state index contributed by atoms with van der Waals surface area (Å²) in [6, 6.07) is 3.51. The van der Waals surface area contributed by atoms with Crippen molar-refractivity contribution >= 4 is 28.3 Å². The van der Waals surface area contributed by atoms with Crippen LogP contribution in [-0.4, -0.2) is 27.1 Å². The minimum Gasteiger partial charge on any atom is -0.507 e. The number of carboxylic acid groups (broad SMARTS) is 1. The lowest BCUT2D eigenvalue weighted by atomic mass is 10.2. The van der Waals surface area contributed by atoms with Gasteiger partial charge in [-0.2, -0.15) is 0 Å². The van der Waals surface area contributed by atoms with Gasteiger partial charge in [0.1, 0.15) is 17.1 Å². The highest BCUT2D eigenvalue weighted by Crippen LogP contribution is 2.22. The summed E-state index contributed by atoms with van der Waals surface area (Å²) in [5, 5.41) is 22.0. The molecular formula is C12H9FN2O4S. The molecule has 0 fully saturated rings.